The van der Waals surface area contributed by atoms with Crippen molar-refractivity contribution in [2.24, 2.45) is 0 Å². The molecule has 2 fully saturated rings. The van der Waals surface area contributed by atoms with Crippen LogP contribution in [0.15, 0.2) is 24.3 Å². The Hall–Kier alpha value is -1.01. The highest BCUT2D eigenvalue weighted by Crippen LogP contribution is 2.41. The smallest absolute Gasteiger partial charge is 0.190 e. The first kappa shape index (κ1) is 16.8. The van der Waals surface area contributed by atoms with Gasteiger partial charge in [-0.2, -0.15) is 0 Å². The Balaban J connectivity index is 1.70. The van der Waals surface area contributed by atoms with Crippen LogP contribution in [0.4, 0.5) is 4.39 Å². The van der Waals surface area contributed by atoms with Crippen molar-refractivity contribution >= 4 is 0 Å². The van der Waals surface area contributed by atoms with Crippen molar-refractivity contribution in [1.29, 1.82) is 0 Å². The predicted molar refractivity (Wildman–Crippen MR) is 83.2 cm³/mol. The number of hydrogen-bond donors (Lipinski definition) is 0. The molecular weight excluding hydrogens is 299 g/mol. The second-order valence-electron chi connectivity index (χ2n) is 6.39. The lowest BCUT2D eigenvalue weighted by Crippen LogP contribution is -2.37. The Morgan fingerprint density at radius 3 is 2.70 bits per heavy atom. The molecule has 2 heterocycles. The van der Waals surface area contributed by atoms with Crippen molar-refractivity contribution in [3.8, 4) is 0 Å². The van der Waals surface area contributed by atoms with Gasteiger partial charge in [-0.15, -0.1) is 0 Å². The third-order valence-corrected chi connectivity index (χ3v) is 4.62. The molecule has 0 bridgehead atoms. The number of halogens is 1. The number of hydrogen-bond acceptors (Lipinski definition) is 4. The Kier molecular flexibility index (Phi) is 5.01. The SMILES string of the molecule is CCC[C@H]1O[C@@H]2OC(C)(CC)O[C@@H]2[C@H]1OCc1ccccc1F. The van der Waals surface area contributed by atoms with Crippen LogP contribution < -0.4 is 0 Å². The fourth-order valence-corrected chi connectivity index (χ4v) is 3.16. The molecule has 5 heteroatoms. The molecule has 2 aliphatic heterocycles. The summed E-state index contributed by atoms with van der Waals surface area (Å²) in [5.74, 6) is -0.886. The minimum Gasteiger partial charge on any atom is -0.368 e. The van der Waals surface area contributed by atoms with Gasteiger partial charge >= 0.3 is 0 Å². The first-order valence-corrected chi connectivity index (χ1v) is 8.42. The van der Waals surface area contributed by atoms with Crippen LogP contribution in [0.5, 0.6) is 0 Å². The van der Waals surface area contributed by atoms with Crippen LogP contribution in [-0.2, 0) is 25.6 Å². The van der Waals surface area contributed by atoms with Crippen LogP contribution in [0.2, 0.25) is 0 Å². The van der Waals surface area contributed by atoms with Crippen LogP contribution >= 0.6 is 0 Å². The maximum absolute atomic E-state index is 13.8. The van der Waals surface area contributed by atoms with Gasteiger partial charge in [0.1, 0.15) is 18.0 Å². The van der Waals surface area contributed by atoms with Crippen molar-refractivity contribution < 1.29 is 23.3 Å². The molecule has 0 N–H and O–H groups in total. The summed E-state index contributed by atoms with van der Waals surface area (Å²) in [5.41, 5.74) is 0.545. The van der Waals surface area contributed by atoms with Gasteiger partial charge < -0.3 is 18.9 Å². The van der Waals surface area contributed by atoms with Gasteiger partial charge in [-0.1, -0.05) is 38.5 Å². The topological polar surface area (TPSA) is 36.9 Å². The molecule has 0 radical (unpaired) electrons. The normalized spacial score (nSPS) is 36.3. The van der Waals surface area contributed by atoms with Gasteiger partial charge in [-0.05, 0) is 25.8 Å². The van der Waals surface area contributed by atoms with Gasteiger partial charge in [0.2, 0.25) is 0 Å². The van der Waals surface area contributed by atoms with Gasteiger partial charge in [0.15, 0.2) is 12.1 Å². The van der Waals surface area contributed by atoms with Crippen LogP contribution in [0, 0.1) is 5.82 Å². The summed E-state index contributed by atoms with van der Waals surface area (Å²) in [5, 5.41) is 0. The van der Waals surface area contributed by atoms with Crippen molar-refractivity contribution in [3.63, 3.8) is 0 Å². The molecule has 23 heavy (non-hydrogen) atoms. The van der Waals surface area contributed by atoms with Gasteiger partial charge in [0.25, 0.3) is 0 Å². The molecule has 5 atom stereocenters. The molecule has 4 nitrogen and oxygen atoms in total. The fraction of sp³-hybridized carbons (Fsp3) is 0.667. The van der Waals surface area contributed by atoms with E-state index in [4.69, 9.17) is 18.9 Å². The third kappa shape index (κ3) is 3.43. The van der Waals surface area contributed by atoms with E-state index in [0.29, 0.717) is 5.56 Å². The Morgan fingerprint density at radius 2 is 2.00 bits per heavy atom. The lowest BCUT2D eigenvalue weighted by atomic mass is 10.1. The maximum Gasteiger partial charge on any atom is 0.190 e. The van der Waals surface area contributed by atoms with E-state index in [1.165, 1.54) is 6.07 Å². The largest absolute Gasteiger partial charge is 0.368 e. The minimum atomic E-state index is -0.633. The number of ether oxygens (including phenoxy) is 4. The van der Waals surface area contributed by atoms with E-state index < -0.39 is 12.1 Å². The first-order chi connectivity index (χ1) is 11.1. The maximum atomic E-state index is 13.8. The summed E-state index contributed by atoms with van der Waals surface area (Å²) >= 11 is 0. The third-order valence-electron chi connectivity index (χ3n) is 4.62. The molecule has 3 rings (SSSR count). The number of fused-ring (bicyclic) bond motifs is 1. The molecule has 1 aromatic carbocycles. The quantitative estimate of drug-likeness (QED) is 0.798. The summed E-state index contributed by atoms with van der Waals surface area (Å²) in [6, 6.07) is 6.66. The fourth-order valence-electron chi connectivity index (χ4n) is 3.16. The lowest BCUT2D eigenvalue weighted by Gasteiger charge is -2.27. The standard InChI is InChI=1S/C18H25FO4/c1-4-8-14-15(20-11-12-9-6-7-10-13(12)19)16-17(21-14)23-18(3,5-2)22-16/h6-7,9-10,14-17H,4-5,8,11H2,1-3H3/t14-,15+,16-,17-,18?/m1/s1. The zero-order chi connectivity index (χ0) is 16.4. The summed E-state index contributed by atoms with van der Waals surface area (Å²) in [7, 11) is 0. The zero-order valence-corrected chi connectivity index (χ0v) is 14.0. The van der Waals surface area contributed by atoms with E-state index in [1.807, 2.05) is 19.9 Å². The van der Waals surface area contributed by atoms with E-state index >= 15 is 0 Å². The summed E-state index contributed by atoms with van der Waals surface area (Å²) in [6.07, 6.45) is 1.60. The van der Waals surface area contributed by atoms with Crippen molar-refractivity contribution in [2.75, 3.05) is 0 Å². The molecule has 0 aliphatic carbocycles. The van der Waals surface area contributed by atoms with Crippen molar-refractivity contribution in [3.05, 3.63) is 35.6 Å². The van der Waals surface area contributed by atoms with Crippen molar-refractivity contribution in [1.82, 2.24) is 0 Å². The Bertz CT molecular complexity index is 538. The van der Waals surface area contributed by atoms with E-state index in [-0.39, 0.29) is 30.7 Å². The molecule has 2 aliphatic rings. The number of rotatable bonds is 6. The van der Waals surface area contributed by atoms with Crippen LogP contribution in [0.3, 0.4) is 0 Å². The lowest BCUT2D eigenvalue weighted by molar-refractivity contribution is -0.229. The van der Waals surface area contributed by atoms with E-state index in [1.54, 1.807) is 12.1 Å². The van der Waals surface area contributed by atoms with E-state index in [0.717, 1.165) is 19.3 Å². The molecule has 0 saturated carbocycles. The summed E-state index contributed by atoms with van der Waals surface area (Å²) < 4.78 is 37.8. The molecular formula is C18H25FO4. The van der Waals surface area contributed by atoms with Gasteiger partial charge in [0.05, 0.1) is 12.7 Å². The summed E-state index contributed by atoms with van der Waals surface area (Å²) in [6.45, 7) is 6.23. The van der Waals surface area contributed by atoms with Crippen LogP contribution in [-0.4, -0.2) is 30.4 Å². The number of benzene rings is 1. The van der Waals surface area contributed by atoms with E-state index in [9.17, 15) is 4.39 Å². The van der Waals surface area contributed by atoms with E-state index in [2.05, 4.69) is 6.92 Å². The second-order valence-corrected chi connectivity index (χ2v) is 6.39. The average molecular weight is 324 g/mol. The Labute approximate surface area is 136 Å². The minimum absolute atomic E-state index is 0.0804. The molecule has 0 amide bonds. The van der Waals surface area contributed by atoms with Gasteiger partial charge in [-0.3, -0.25) is 0 Å². The second kappa shape index (κ2) is 6.85. The molecule has 1 unspecified atom stereocenters. The zero-order valence-electron chi connectivity index (χ0n) is 14.0. The van der Waals surface area contributed by atoms with Crippen molar-refractivity contribution in [2.45, 2.75) is 77.0 Å². The van der Waals surface area contributed by atoms with Crippen LogP contribution in [0.1, 0.15) is 45.6 Å². The predicted octanol–water partition coefficient (Wildman–Crippen LogP) is 3.78. The molecule has 0 aromatic heterocycles. The molecule has 1 aromatic rings. The Morgan fingerprint density at radius 1 is 1.22 bits per heavy atom. The van der Waals surface area contributed by atoms with Crippen LogP contribution in [0.25, 0.3) is 0 Å². The molecule has 128 valence electrons. The molecule has 0 spiro atoms. The summed E-state index contributed by atoms with van der Waals surface area (Å²) in [4.78, 5) is 0. The molecule has 2 saturated heterocycles. The first-order valence-electron chi connectivity index (χ1n) is 8.42. The highest BCUT2D eigenvalue weighted by molar-refractivity contribution is 5.16. The highest BCUT2D eigenvalue weighted by Gasteiger charge is 2.55. The van der Waals surface area contributed by atoms with Gasteiger partial charge in [-0.25, -0.2) is 4.39 Å². The highest BCUT2D eigenvalue weighted by atomic mass is 19.1. The average Bonchev–Trinajstić information content (AvgIpc) is 3.01. The van der Waals surface area contributed by atoms with Gasteiger partial charge in [0, 0.05) is 5.56 Å². The monoisotopic (exact) mass is 324 g/mol.